The van der Waals surface area contributed by atoms with Crippen molar-refractivity contribution >= 4 is 17.5 Å². The first-order valence-corrected chi connectivity index (χ1v) is 8.15. The molecule has 0 aromatic heterocycles. The van der Waals surface area contributed by atoms with E-state index in [1.165, 1.54) is 4.90 Å². The molecule has 2 amide bonds. The lowest BCUT2D eigenvalue weighted by molar-refractivity contribution is -0.907. The number of hydrogen-bond donors (Lipinski definition) is 3. The quantitative estimate of drug-likeness (QED) is 0.719. The average Bonchev–Trinajstić information content (AvgIpc) is 2.46. The van der Waals surface area contributed by atoms with E-state index in [2.05, 4.69) is 10.6 Å². The molecule has 1 heterocycles. The Kier molecular flexibility index (Phi) is 6.12. The lowest BCUT2D eigenvalue weighted by Crippen LogP contribution is -3.16. The Bertz CT molecular complexity index is 552. The van der Waals surface area contributed by atoms with Gasteiger partial charge in [0.1, 0.15) is 25.3 Å². The summed E-state index contributed by atoms with van der Waals surface area (Å²) in [6.07, 6.45) is 0.338. The number of carbonyl (C=O) groups excluding carboxylic acids is 2. The molecule has 6 heteroatoms. The molecule has 0 radical (unpaired) electrons. The van der Waals surface area contributed by atoms with Crippen molar-refractivity contribution < 1.29 is 19.2 Å². The van der Waals surface area contributed by atoms with Gasteiger partial charge in [-0.2, -0.15) is 0 Å². The number of amides is 2. The second-order valence-corrected chi connectivity index (χ2v) is 6.08. The SMILES string of the molecule is CCNC(=O)c1cccc(NC(=O)C[NH+]2C[C@@H](C)O[C@H](C)C2)c1. The third-order valence-corrected chi connectivity index (χ3v) is 3.77. The fourth-order valence-corrected chi connectivity index (χ4v) is 2.97. The summed E-state index contributed by atoms with van der Waals surface area (Å²) in [4.78, 5) is 25.3. The van der Waals surface area contributed by atoms with Gasteiger partial charge in [0.05, 0.1) is 0 Å². The van der Waals surface area contributed by atoms with Crippen LogP contribution in [0.4, 0.5) is 5.69 Å². The molecule has 3 N–H and O–H groups in total. The standard InChI is InChI=1S/C17H25N3O3/c1-4-18-17(22)14-6-5-7-15(8-14)19-16(21)11-20-9-12(2)23-13(3)10-20/h5-8,12-13H,4,9-11H2,1-3H3,(H,18,22)(H,19,21)/p+1/t12-,13-/m1/s1. The van der Waals surface area contributed by atoms with Crippen molar-refractivity contribution in [2.24, 2.45) is 0 Å². The van der Waals surface area contributed by atoms with Crippen molar-refractivity contribution in [2.45, 2.75) is 33.0 Å². The molecule has 6 nitrogen and oxygen atoms in total. The second-order valence-electron chi connectivity index (χ2n) is 6.08. The van der Waals surface area contributed by atoms with Gasteiger partial charge in [-0.3, -0.25) is 9.59 Å². The van der Waals surface area contributed by atoms with E-state index in [0.717, 1.165) is 13.1 Å². The zero-order valence-corrected chi connectivity index (χ0v) is 14.0. The summed E-state index contributed by atoms with van der Waals surface area (Å²) < 4.78 is 5.68. The lowest BCUT2D eigenvalue weighted by Gasteiger charge is -2.31. The topological polar surface area (TPSA) is 71.9 Å². The number of nitrogens with one attached hydrogen (secondary N) is 3. The maximum atomic E-state index is 12.2. The summed E-state index contributed by atoms with van der Waals surface area (Å²) in [5, 5.41) is 5.62. The Balaban J connectivity index is 1.92. The minimum atomic E-state index is -0.134. The fraction of sp³-hybridized carbons (Fsp3) is 0.529. The molecule has 2 rings (SSSR count). The Labute approximate surface area is 137 Å². The van der Waals surface area contributed by atoms with E-state index in [-0.39, 0.29) is 24.0 Å². The third kappa shape index (κ3) is 5.33. The largest absolute Gasteiger partial charge is 0.364 e. The first-order chi connectivity index (χ1) is 11.0. The van der Waals surface area contributed by atoms with Crippen molar-refractivity contribution in [2.75, 3.05) is 31.5 Å². The van der Waals surface area contributed by atoms with Crippen LogP contribution < -0.4 is 15.5 Å². The summed E-state index contributed by atoms with van der Waals surface area (Å²) in [6, 6.07) is 6.99. The summed E-state index contributed by atoms with van der Waals surface area (Å²) in [6.45, 7) is 8.58. The molecule has 2 atom stereocenters. The highest BCUT2D eigenvalue weighted by atomic mass is 16.5. The van der Waals surface area contributed by atoms with Crippen LogP contribution in [0.5, 0.6) is 0 Å². The van der Waals surface area contributed by atoms with Crippen LogP contribution in [-0.2, 0) is 9.53 Å². The van der Waals surface area contributed by atoms with E-state index in [0.29, 0.717) is 24.3 Å². The zero-order chi connectivity index (χ0) is 16.8. The van der Waals surface area contributed by atoms with Crippen LogP contribution in [0.1, 0.15) is 31.1 Å². The van der Waals surface area contributed by atoms with Crippen molar-refractivity contribution in [3.05, 3.63) is 29.8 Å². The maximum Gasteiger partial charge on any atom is 0.279 e. The Morgan fingerprint density at radius 1 is 1.26 bits per heavy atom. The summed E-state index contributed by atoms with van der Waals surface area (Å²) in [7, 11) is 0. The second kappa shape index (κ2) is 8.08. The highest BCUT2D eigenvalue weighted by Crippen LogP contribution is 2.10. The van der Waals surface area contributed by atoms with Gasteiger partial charge in [0.15, 0.2) is 6.54 Å². The summed E-state index contributed by atoms with van der Waals surface area (Å²) in [5.41, 5.74) is 1.19. The van der Waals surface area contributed by atoms with Gasteiger partial charge in [0.25, 0.3) is 11.8 Å². The number of quaternary nitrogens is 1. The number of hydrogen-bond acceptors (Lipinski definition) is 3. The molecule has 1 fully saturated rings. The Morgan fingerprint density at radius 2 is 1.96 bits per heavy atom. The molecule has 0 unspecified atom stereocenters. The minimum Gasteiger partial charge on any atom is -0.364 e. The van der Waals surface area contributed by atoms with Crippen LogP contribution in [0.2, 0.25) is 0 Å². The number of ether oxygens (including phenoxy) is 1. The van der Waals surface area contributed by atoms with Crippen molar-refractivity contribution in [3.8, 4) is 0 Å². The predicted octanol–water partition coefficient (Wildman–Crippen LogP) is 0.0669. The monoisotopic (exact) mass is 320 g/mol. The molecule has 23 heavy (non-hydrogen) atoms. The zero-order valence-electron chi connectivity index (χ0n) is 14.0. The van der Waals surface area contributed by atoms with Crippen molar-refractivity contribution in [3.63, 3.8) is 0 Å². The molecule has 0 saturated carbocycles. The van der Waals surface area contributed by atoms with E-state index >= 15 is 0 Å². The van der Waals surface area contributed by atoms with Crippen LogP contribution in [0, 0.1) is 0 Å². The predicted molar refractivity (Wildman–Crippen MR) is 88.7 cm³/mol. The van der Waals surface area contributed by atoms with Crippen LogP contribution in [0.15, 0.2) is 24.3 Å². The summed E-state index contributed by atoms with van der Waals surface area (Å²) >= 11 is 0. The van der Waals surface area contributed by atoms with Crippen LogP contribution in [0.25, 0.3) is 0 Å². The Hall–Kier alpha value is -1.92. The highest BCUT2D eigenvalue weighted by molar-refractivity contribution is 5.97. The van der Waals surface area contributed by atoms with Crippen LogP contribution in [0.3, 0.4) is 0 Å². The smallest absolute Gasteiger partial charge is 0.279 e. The van der Waals surface area contributed by atoms with Crippen molar-refractivity contribution in [1.82, 2.24) is 5.32 Å². The highest BCUT2D eigenvalue weighted by Gasteiger charge is 2.27. The van der Waals surface area contributed by atoms with E-state index in [4.69, 9.17) is 4.74 Å². The van der Waals surface area contributed by atoms with E-state index in [1.54, 1.807) is 24.3 Å². The van der Waals surface area contributed by atoms with Crippen LogP contribution >= 0.6 is 0 Å². The van der Waals surface area contributed by atoms with Gasteiger partial charge < -0.3 is 20.3 Å². The molecule has 1 aliphatic heterocycles. The first kappa shape index (κ1) is 17.4. The fourth-order valence-electron chi connectivity index (χ4n) is 2.97. The molecule has 1 aliphatic rings. The minimum absolute atomic E-state index is 0.0469. The van der Waals surface area contributed by atoms with Gasteiger partial charge >= 0.3 is 0 Å². The van der Waals surface area contributed by atoms with Gasteiger partial charge in [-0.05, 0) is 39.0 Å². The number of anilines is 1. The van der Waals surface area contributed by atoms with Gasteiger partial charge in [-0.15, -0.1) is 0 Å². The average molecular weight is 320 g/mol. The molecule has 0 bridgehead atoms. The van der Waals surface area contributed by atoms with Gasteiger partial charge in [0.2, 0.25) is 0 Å². The van der Waals surface area contributed by atoms with Gasteiger partial charge in [-0.1, -0.05) is 6.07 Å². The summed E-state index contributed by atoms with van der Waals surface area (Å²) in [5.74, 6) is -0.181. The number of benzene rings is 1. The molecule has 0 aliphatic carbocycles. The molecule has 126 valence electrons. The number of morpholine rings is 1. The number of rotatable bonds is 5. The normalized spacial score (nSPS) is 24.0. The van der Waals surface area contributed by atoms with E-state index < -0.39 is 0 Å². The molecule has 1 saturated heterocycles. The number of carbonyl (C=O) groups is 2. The molecule has 1 aromatic rings. The lowest BCUT2D eigenvalue weighted by atomic mass is 10.2. The Morgan fingerprint density at radius 3 is 2.61 bits per heavy atom. The molecular formula is C17H26N3O3+. The first-order valence-electron chi connectivity index (χ1n) is 8.15. The van der Waals surface area contributed by atoms with Gasteiger partial charge in [0, 0.05) is 17.8 Å². The third-order valence-electron chi connectivity index (χ3n) is 3.77. The molecular weight excluding hydrogens is 294 g/mol. The van der Waals surface area contributed by atoms with Crippen molar-refractivity contribution in [1.29, 1.82) is 0 Å². The van der Waals surface area contributed by atoms with E-state index in [9.17, 15) is 9.59 Å². The van der Waals surface area contributed by atoms with Gasteiger partial charge in [-0.25, -0.2) is 0 Å². The van der Waals surface area contributed by atoms with E-state index in [1.807, 2.05) is 20.8 Å². The molecule has 0 spiro atoms. The molecule has 1 aromatic carbocycles. The van der Waals surface area contributed by atoms with Crippen LogP contribution in [-0.4, -0.2) is 50.2 Å². The maximum absolute atomic E-state index is 12.2.